The van der Waals surface area contributed by atoms with Gasteiger partial charge in [-0.25, -0.2) is 4.98 Å². The molecular weight excluding hydrogens is 288 g/mol. The first-order valence-corrected chi connectivity index (χ1v) is 8.71. The largest absolute Gasteiger partial charge is 0.508 e. The second-order valence-corrected chi connectivity index (χ2v) is 8.13. The zero-order chi connectivity index (χ0) is 13.6. The molecule has 2 heterocycles. The summed E-state index contributed by atoms with van der Waals surface area (Å²) >= 11 is 3.58. The van der Waals surface area contributed by atoms with E-state index in [-0.39, 0.29) is 0 Å². The topological polar surface area (TPSA) is 45.5 Å². The van der Waals surface area contributed by atoms with E-state index < -0.39 is 0 Å². The summed E-state index contributed by atoms with van der Waals surface area (Å²) in [5.41, 5.74) is 0.954. The van der Waals surface area contributed by atoms with Gasteiger partial charge in [0.15, 0.2) is 0 Å². The van der Waals surface area contributed by atoms with Crippen molar-refractivity contribution >= 4 is 38.4 Å². The summed E-state index contributed by atoms with van der Waals surface area (Å²) in [6, 6.07) is 5.35. The summed E-state index contributed by atoms with van der Waals surface area (Å²) in [5, 5.41) is 11.7. The molecule has 1 spiro atoms. The van der Waals surface area contributed by atoms with Gasteiger partial charge in [0, 0.05) is 4.75 Å². The third-order valence-electron chi connectivity index (χ3n) is 4.14. The molecule has 0 bridgehead atoms. The number of phenols is 1. The van der Waals surface area contributed by atoms with E-state index in [0.717, 1.165) is 26.8 Å². The highest BCUT2D eigenvalue weighted by Crippen LogP contribution is 2.46. The molecule has 1 fully saturated rings. The van der Waals surface area contributed by atoms with Gasteiger partial charge in [0.1, 0.15) is 15.8 Å². The number of aromatic nitrogens is 1. The molecule has 0 unspecified atom stereocenters. The Morgan fingerprint density at radius 2 is 2.00 bits per heavy atom. The minimum absolute atomic E-state index is 0.303. The van der Waals surface area contributed by atoms with Gasteiger partial charge in [-0.15, -0.1) is 11.3 Å². The van der Waals surface area contributed by atoms with E-state index in [1.165, 1.54) is 32.1 Å². The molecule has 1 N–H and O–H groups in total. The maximum absolute atomic E-state index is 9.55. The maximum atomic E-state index is 9.55. The Hall–Kier alpha value is -1.07. The van der Waals surface area contributed by atoms with Crippen LogP contribution < -0.4 is 0 Å². The van der Waals surface area contributed by atoms with Crippen LogP contribution in [0.25, 0.3) is 10.2 Å². The fourth-order valence-electron chi connectivity index (χ4n) is 3.06. The molecule has 2 aliphatic rings. The number of nitrogens with zero attached hydrogens (tertiary/aromatic N) is 2. The molecule has 1 saturated carbocycles. The van der Waals surface area contributed by atoms with Gasteiger partial charge in [-0.1, -0.05) is 31.0 Å². The molecule has 1 aliphatic carbocycles. The van der Waals surface area contributed by atoms with E-state index in [1.54, 1.807) is 23.5 Å². The molecule has 20 heavy (non-hydrogen) atoms. The second kappa shape index (κ2) is 4.74. The molecule has 1 aromatic heterocycles. The van der Waals surface area contributed by atoms with Gasteiger partial charge in [-0.05, 0) is 31.0 Å². The molecule has 3 nitrogen and oxygen atoms in total. The average Bonchev–Trinajstić information content (AvgIpc) is 3.04. The lowest BCUT2D eigenvalue weighted by Gasteiger charge is -2.31. The molecule has 0 atom stereocenters. The SMILES string of the molecule is Oc1ccc2nc(C3=NCC4(CCCCC4)S3)sc2c1. The predicted octanol–water partition coefficient (Wildman–Crippen LogP) is 4.20. The monoisotopic (exact) mass is 304 g/mol. The van der Waals surface area contributed by atoms with E-state index in [0.29, 0.717) is 10.5 Å². The van der Waals surface area contributed by atoms with Gasteiger partial charge in [0.2, 0.25) is 0 Å². The Balaban J connectivity index is 1.63. The standard InChI is InChI=1S/C15H16N2OS2/c18-10-4-5-11-12(8-10)19-14(17-11)13-16-9-15(20-13)6-2-1-3-7-15/h4-5,8,18H,1-3,6-7,9H2. The van der Waals surface area contributed by atoms with Crippen LogP contribution in [0.5, 0.6) is 5.75 Å². The fraction of sp³-hybridized carbons (Fsp3) is 0.467. The third-order valence-corrected chi connectivity index (χ3v) is 6.78. The Bertz CT molecular complexity index is 686. The van der Waals surface area contributed by atoms with Crippen molar-refractivity contribution in [2.24, 2.45) is 4.99 Å². The molecule has 0 amide bonds. The van der Waals surface area contributed by atoms with Crippen LogP contribution >= 0.6 is 23.1 Å². The second-order valence-electron chi connectivity index (χ2n) is 5.64. The number of hydrogen-bond acceptors (Lipinski definition) is 5. The Kier molecular flexibility index (Phi) is 3.00. The lowest BCUT2D eigenvalue weighted by Crippen LogP contribution is -2.28. The van der Waals surface area contributed by atoms with E-state index in [2.05, 4.69) is 4.98 Å². The van der Waals surface area contributed by atoms with Crippen molar-refractivity contribution < 1.29 is 5.11 Å². The van der Waals surface area contributed by atoms with E-state index in [1.807, 2.05) is 17.8 Å². The Morgan fingerprint density at radius 1 is 1.15 bits per heavy atom. The number of thioether (sulfide) groups is 1. The summed E-state index contributed by atoms with van der Waals surface area (Å²) < 4.78 is 1.39. The Labute approximate surface area is 126 Å². The van der Waals surface area contributed by atoms with E-state index >= 15 is 0 Å². The number of aliphatic imine (C=N–C) groups is 1. The quantitative estimate of drug-likeness (QED) is 0.859. The van der Waals surface area contributed by atoms with Gasteiger partial charge in [0.25, 0.3) is 0 Å². The molecule has 2 aromatic rings. The first kappa shape index (κ1) is 12.7. The number of benzene rings is 1. The predicted molar refractivity (Wildman–Crippen MR) is 86.1 cm³/mol. The summed E-state index contributed by atoms with van der Waals surface area (Å²) in [5.74, 6) is 0.303. The molecule has 1 aromatic carbocycles. The minimum Gasteiger partial charge on any atom is -0.508 e. The summed E-state index contributed by atoms with van der Waals surface area (Å²) in [7, 11) is 0. The van der Waals surface area contributed by atoms with Crippen molar-refractivity contribution in [2.45, 2.75) is 36.9 Å². The van der Waals surface area contributed by atoms with Crippen LogP contribution in [0.15, 0.2) is 23.2 Å². The van der Waals surface area contributed by atoms with Gasteiger partial charge in [-0.2, -0.15) is 0 Å². The van der Waals surface area contributed by atoms with Gasteiger partial charge in [-0.3, -0.25) is 4.99 Å². The molecule has 1 aliphatic heterocycles. The molecule has 104 valence electrons. The van der Waals surface area contributed by atoms with Crippen LogP contribution in [0.4, 0.5) is 0 Å². The first-order chi connectivity index (χ1) is 9.74. The summed E-state index contributed by atoms with van der Waals surface area (Å²) in [4.78, 5) is 9.44. The highest BCUT2D eigenvalue weighted by atomic mass is 32.2. The van der Waals surface area contributed by atoms with E-state index in [9.17, 15) is 5.11 Å². The molecule has 5 heteroatoms. The molecule has 0 radical (unpaired) electrons. The first-order valence-electron chi connectivity index (χ1n) is 7.08. The van der Waals surface area contributed by atoms with Crippen molar-refractivity contribution in [3.8, 4) is 5.75 Å². The lowest BCUT2D eigenvalue weighted by atomic mass is 9.88. The molecule has 4 rings (SSSR count). The molecular formula is C15H16N2OS2. The smallest absolute Gasteiger partial charge is 0.149 e. The van der Waals surface area contributed by atoms with Crippen LogP contribution in [0.1, 0.15) is 37.1 Å². The van der Waals surface area contributed by atoms with Crippen LogP contribution in [-0.2, 0) is 0 Å². The van der Waals surface area contributed by atoms with Crippen molar-refractivity contribution in [1.29, 1.82) is 0 Å². The number of rotatable bonds is 1. The van der Waals surface area contributed by atoms with Crippen molar-refractivity contribution in [2.75, 3.05) is 6.54 Å². The van der Waals surface area contributed by atoms with Crippen molar-refractivity contribution in [1.82, 2.24) is 4.98 Å². The zero-order valence-electron chi connectivity index (χ0n) is 11.1. The third kappa shape index (κ3) is 2.13. The molecule has 0 saturated heterocycles. The van der Waals surface area contributed by atoms with Gasteiger partial charge < -0.3 is 5.11 Å². The van der Waals surface area contributed by atoms with E-state index in [4.69, 9.17) is 4.99 Å². The Morgan fingerprint density at radius 3 is 2.85 bits per heavy atom. The number of aromatic hydroxyl groups is 1. The van der Waals surface area contributed by atoms with Crippen molar-refractivity contribution in [3.05, 3.63) is 23.2 Å². The number of fused-ring (bicyclic) bond motifs is 1. The highest BCUT2D eigenvalue weighted by molar-refractivity contribution is 8.16. The number of hydrogen-bond donors (Lipinski definition) is 1. The van der Waals surface area contributed by atoms with Gasteiger partial charge >= 0.3 is 0 Å². The maximum Gasteiger partial charge on any atom is 0.149 e. The summed E-state index contributed by atoms with van der Waals surface area (Å²) in [6.45, 7) is 0.953. The normalized spacial score (nSPS) is 21.5. The average molecular weight is 304 g/mol. The fourth-order valence-corrected chi connectivity index (χ4v) is 5.50. The van der Waals surface area contributed by atoms with Crippen molar-refractivity contribution in [3.63, 3.8) is 0 Å². The van der Waals surface area contributed by atoms with Crippen LogP contribution in [0, 0.1) is 0 Å². The minimum atomic E-state index is 0.303. The van der Waals surface area contributed by atoms with Crippen LogP contribution in [0.3, 0.4) is 0 Å². The zero-order valence-corrected chi connectivity index (χ0v) is 12.8. The van der Waals surface area contributed by atoms with Crippen LogP contribution in [0.2, 0.25) is 0 Å². The van der Waals surface area contributed by atoms with Gasteiger partial charge in [0.05, 0.1) is 16.8 Å². The van der Waals surface area contributed by atoms with Crippen LogP contribution in [-0.4, -0.2) is 26.4 Å². The number of thiazole rings is 1. The lowest BCUT2D eigenvalue weighted by molar-refractivity contribution is 0.409. The number of phenolic OH excluding ortho intramolecular Hbond substituents is 1. The highest BCUT2D eigenvalue weighted by Gasteiger charge is 2.39. The summed E-state index contributed by atoms with van der Waals surface area (Å²) in [6.07, 6.45) is 6.62.